The highest BCUT2D eigenvalue weighted by atomic mass is 32.2. The minimum Gasteiger partial charge on any atom is -0.368 e. The van der Waals surface area contributed by atoms with Gasteiger partial charge in [-0.3, -0.25) is 13.8 Å². The van der Waals surface area contributed by atoms with Crippen LogP contribution in [0.1, 0.15) is 23.5 Å². The van der Waals surface area contributed by atoms with Crippen molar-refractivity contribution >= 4 is 22.6 Å². The van der Waals surface area contributed by atoms with Crippen molar-refractivity contribution in [1.29, 1.82) is 0 Å². The number of primary amides is 1. The second kappa shape index (κ2) is 8.63. The van der Waals surface area contributed by atoms with Gasteiger partial charge in [0, 0.05) is 10.6 Å². The van der Waals surface area contributed by atoms with Crippen LogP contribution in [0.3, 0.4) is 0 Å². The molecule has 0 aromatic heterocycles. The Bertz CT molecular complexity index is 1070. The van der Waals surface area contributed by atoms with E-state index in [1.54, 1.807) is 12.1 Å². The highest BCUT2D eigenvalue weighted by Crippen LogP contribution is 2.44. The van der Waals surface area contributed by atoms with Gasteiger partial charge in [0.05, 0.1) is 16.7 Å². The number of carbonyl (C=O) groups excluding carboxylic acids is 2. The molecular formula is C24H22N2O3S. The summed E-state index contributed by atoms with van der Waals surface area (Å²) < 4.78 is 12.5. The molecule has 1 aliphatic rings. The zero-order valence-electron chi connectivity index (χ0n) is 16.3. The number of nitrogens with one attached hydrogen (secondary N) is 1. The first kappa shape index (κ1) is 20.0. The maximum absolute atomic E-state index is 13.2. The summed E-state index contributed by atoms with van der Waals surface area (Å²) in [5.41, 5.74) is 9.41. The van der Waals surface area contributed by atoms with Crippen LogP contribution in [-0.2, 0) is 20.4 Å². The zero-order chi connectivity index (χ0) is 21.1. The van der Waals surface area contributed by atoms with Crippen LogP contribution in [0.15, 0.2) is 83.8 Å². The third-order valence-corrected chi connectivity index (χ3v) is 6.76. The number of rotatable bonds is 7. The Morgan fingerprint density at radius 3 is 1.97 bits per heavy atom. The van der Waals surface area contributed by atoms with Crippen LogP contribution in [0.5, 0.6) is 0 Å². The van der Waals surface area contributed by atoms with Gasteiger partial charge in [0.25, 0.3) is 0 Å². The summed E-state index contributed by atoms with van der Waals surface area (Å²) in [5, 5.41) is 2.80. The Morgan fingerprint density at radius 2 is 1.40 bits per heavy atom. The molecule has 3 aromatic carbocycles. The molecule has 5 nitrogen and oxygen atoms in total. The molecule has 2 amide bonds. The van der Waals surface area contributed by atoms with Crippen LogP contribution in [0.25, 0.3) is 11.1 Å². The van der Waals surface area contributed by atoms with Gasteiger partial charge in [0.15, 0.2) is 0 Å². The largest absolute Gasteiger partial charge is 0.368 e. The van der Waals surface area contributed by atoms with Crippen molar-refractivity contribution in [2.45, 2.75) is 23.3 Å². The van der Waals surface area contributed by atoms with E-state index in [-0.39, 0.29) is 18.1 Å². The summed E-state index contributed by atoms with van der Waals surface area (Å²) in [7, 11) is -1.27. The van der Waals surface area contributed by atoms with Gasteiger partial charge < -0.3 is 11.1 Å². The van der Waals surface area contributed by atoms with Gasteiger partial charge in [-0.25, -0.2) is 0 Å². The molecule has 0 bridgehead atoms. The molecule has 6 heteroatoms. The van der Waals surface area contributed by atoms with E-state index in [0.717, 1.165) is 22.3 Å². The summed E-state index contributed by atoms with van der Waals surface area (Å²) in [6.45, 7) is 0. The summed E-state index contributed by atoms with van der Waals surface area (Å²) >= 11 is 0. The molecule has 0 unspecified atom stereocenters. The molecule has 0 radical (unpaired) electrons. The van der Waals surface area contributed by atoms with Crippen LogP contribution in [0, 0.1) is 0 Å². The maximum atomic E-state index is 13.2. The van der Waals surface area contributed by atoms with E-state index in [4.69, 9.17) is 5.73 Å². The molecule has 0 fully saturated rings. The molecule has 0 spiro atoms. The lowest BCUT2D eigenvalue weighted by Gasteiger charge is -2.19. The van der Waals surface area contributed by atoms with Gasteiger partial charge >= 0.3 is 0 Å². The first-order valence-electron chi connectivity index (χ1n) is 9.77. The van der Waals surface area contributed by atoms with Gasteiger partial charge in [0.2, 0.25) is 11.8 Å². The zero-order valence-corrected chi connectivity index (χ0v) is 17.1. The van der Waals surface area contributed by atoms with Crippen molar-refractivity contribution in [3.05, 3.63) is 90.0 Å². The average Bonchev–Trinajstić information content (AvgIpc) is 3.11. The summed E-state index contributed by atoms with van der Waals surface area (Å²) in [6.07, 6.45) is 0.207. The first-order valence-corrected chi connectivity index (χ1v) is 11.1. The third kappa shape index (κ3) is 3.91. The number of carbonyl (C=O) groups is 2. The fraction of sp³-hybridized carbons (Fsp3) is 0.167. The van der Waals surface area contributed by atoms with Crippen molar-refractivity contribution in [2.75, 3.05) is 5.75 Å². The lowest BCUT2D eigenvalue weighted by atomic mass is 9.95. The Hall–Kier alpha value is -3.25. The normalized spacial score (nSPS) is 14.4. The summed E-state index contributed by atoms with van der Waals surface area (Å²) in [5.74, 6) is -1.18. The summed E-state index contributed by atoms with van der Waals surface area (Å²) in [6, 6.07) is 23.7. The number of fused-ring (bicyclic) bond motifs is 3. The third-order valence-electron chi connectivity index (χ3n) is 5.35. The lowest BCUT2D eigenvalue weighted by molar-refractivity contribution is -0.127. The summed E-state index contributed by atoms with van der Waals surface area (Å²) in [4.78, 5) is 25.9. The monoisotopic (exact) mass is 418 g/mol. The molecule has 0 aliphatic heterocycles. The Balaban J connectivity index is 1.51. The van der Waals surface area contributed by atoms with Crippen molar-refractivity contribution < 1.29 is 13.8 Å². The molecule has 3 N–H and O–H groups in total. The second-order valence-electron chi connectivity index (χ2n) is 7.22. The molecule has 0 saturated carbocycles. The predicted molar refractivity (Wildman–Crippen MR) is 117 cm³/mol. The van der Waals surface area contributed by atoms with E-state index < -0.39 is 28.7 Å². The SMILES string of the molecule is NC(=O)[C@H](CC[S@](=O)c1ccccc1)NC(=O)C1c2ccccc2-c2ccccc21. The fourth-order valence-electron chi connectivity index (χ4n) is 3.89. The first-order chi connectivity index (χ1) is 14.6. The van der Waals surface area contributed by atoms with E-state index in [9.17, 15) is 13.8 Å². The maximum Gasteiger partial charge on any atom is 0.240 e. The molecule has 3 aromatic rings. The second-order valence-corrected chi connectivity index (χ2v) is 8.79. The van der Waals surface area contributed by atoms with Crippen LogP contribution >= 0.6 is 0 Å². The minimum absolute atomic E-state index is 0.207. The van der Waals surface area contributed by atoms with Crippen molar-refractivity contribution in [1.82, 2.24) is 5.32 Å². The number of benzene rings is 3. The van der Waals surface area contributed by atoms with Crippen molar-refractivity contribution in [3.8, 4) is 11.1 Å². The molecule has 4 rings (SSSR count). The van der Waals surface area contributed by atoms with Crippen LogP contribution < -0.4 is 11.1 Å². The van der Waals surface area contributed by atoms with E-state index in [1.165, 1.54) is 0 Å². The highest BCUT2D eigenvalue weighted by Gasteiger charge is 2.34. The van der Waals surface area contributed by atoms with Crippen molar-refractivity contribution in [2.24, 2.45) is 5.73 Å². The topological polar surface area (TPSA) is 89.3 Å². The molecule has 0 heterocycles. The van der Waals surface area contributed by atoms with Crippen LogP contribution in [0.4, 0.5) is 0 Å². The van der Waals surface area contributed by atoms with Gasteiger partial charge in [-0.05, 0) is 40.8 Å². The quantitative estimate of drug-likeness (QED) is 0.618. The average molecular weight is 419 g/mol. The lowest BCUT2D eigenvalue weighted by Crippen LogP contribution is -2.46. The van der Waals surface area contributed by atoms with Crippen molar-refractivity contribution in [3.63, 3.8) is 0 Å². The number of nitrogens with two attached hydrogens (primary N) is 1. The van der Waals surface area contributed by atoms with E-state index in [2.05, 4.69) is 5.32 Å². The standard InChI is InChI=1S/C24H22N2O3S/c25-23(27)21(14-15-30(29)16-8-2-1-3-9-16)26-24(28)22-19-12-6-4-10-17(19)18-11-5-7-13-20(18)22/h1-13,21-22H,14-15H2,(H2,25,27)(H,26,28)/t21-,30-/m0/s1. The molecule has 2 atom stereocenters. The van der Waals surface area contributed by atoms with Gasteiger partial charge in [-0.15, -0.1) is 0 Å². The Labute approximate surface area is 177 Å². The predicted octanol–water partition coefficient (Wildman–Crippen LogP) is 2.97. The van der Waals surface area contributed by atoms with Gasteiger partial charge in [-0.1, -0.05) is 66.7 Å². The Morgan fingerprint density at radius 1 is 0.867 bits per heavy atom. The molecule has 0 saturated heterocycles. The molecular weight excluding hydrogens is 396 g/mol. The molecule has 1 aliphatic carbocycles. The van der Waals surface area contributed by atoms with E-state index in [1.807, 2.05) is 66.7 Å². The van der Waals surface area contributed by atoms with Crippen LogP contribution in [-0.4, -0.2) is 27.8 Å². The van der Waals surface area contributed by atoms with Gasteiger partial charge in [-0.2, -0.15) is 0 Å². The number of amides is 2. The van der Waals surface area contributed by atoms with E-state index in [0.29, 0.717) is 4.90 Å². The van der Waals surface area contributed by atoms with E-state index >= 15 is 0 Å². The number of hydrogen-bond acceptors (Lipinski definition) is 3. The highest BCUT2D eigenvalue weighted by molar-refractivity contribution is 7.85. The van der Waals surface area contributed by atoms with Gasteiger partial charge in [0.1, 0.15) is 6.04 Å². The minimum atomic E-state index is -1.27. The Kier molecular flexibility index (Phi) is 5.77. The number of hydrogen-bond donors (Lipinski definition) is 2. The molecule has 30 heavy (non-hydrogen) atoms. The smallest absolute Gasteiger partial charge is 0.240 e. The fourth-order valence-corrected chi connectivity index (χ4v) is 5.04. The van der Waals surface area contributed by atoms with Crippen LogP contribution in [0.2, 0.25) is 0 Å². The molecule has 152 valence electrons.